The van der Waals surface area contributed by atoms with Gasteiger partial charge in [-0.15, -0.1) is 0 Å². The van der Waals surface area contributed by atoms with Gasteiger partial charge >= 0.3 is 0 Å². The third kappa shape index (κ3) is 3.19. The Morgan fingerprint density at radius 2 is 1.29 bits per heavy atom. The lowest BCUT2D eigenvalue weighted by atomic mass is 10.3. The molecule has 0 aliphatic heterocycles. The van der Waals surface area contributed by atoms with Gasteiger partial charge in [-0.2, -0.15) is 0 Å². The maximum Gasteiger partial charge on any atom is 0.229 e. The van der Waals surface area contributed by atoms with Gasteiger partial charge in [0, 0.05) is 0 Å². The van der Waals surface area contributed by atoms with E-state index >= 15 is 0 Å². The summed E-state index contributed by atoms with van der Waals surface area (Å²) in [6.07, 6.45) is 2.77. The lowest BCUT2D eigenvalue weighted by molar-refractivity contribution is 0.597. The number of thiazole rings is 2. The topological polar surface area (TPSA) is 112 Å². The average molecular weight is 347 g/mol. The van der Waals surface area contributed by atoms with Crippen LogP contribution in [-0.2, 0) is 22.7 Å². The number of nitrogens with zero attached hydrogens (tertiary/aromatic N) is 2. The predicted molar refractivity (Wildman–Crippen MR) is 86.5 cm³/mol. The Morgan fingerprint density at radius 1 is 0.905 bits per heavy atom. The van der Waals surface area contributed by atoms with Gasteiger partial charge in [0.2, 0.25) is 9.84 Å². The molecule has 9 heteroatoms. The van der Waals surface area contributed by atoms with E-state index in [0.717, 1.165) is 35.5 Å². The van der Waals surface area contributed by atoms with Gasteiger partial charge in [0.15, 0.2) is 10.3 Å². The minimum absolute atomic E-state index is 0.225. The molecule has 21 heavy (non-hydrogen) atoms. The van der Waals surface area contributed by atoms with Crippen molar-refractivity contribution in [3.8, 4) is 0 Å². The molecule has 116 valence electrons. The molecule has 0 saturated heterocycles. The van der Waals surface area contributed by atoms with Crippen molar-refractivity contribution >= 4 is 42.8 Å². The molecule has 0 amide bonds. The molecule has 2 rings (SSSR count). The fourth-order valence-electron chi connectivity index (χ4n) is 2.00. The Hall–Kier alpha value is -1.19. The van der Waals surface area contributed by atoms with Crippen molar-refractivity contribution in [2.45, 2.75) is 47.9 Å². The summed E-state index contributed by atoms with van der Waals surface area (Å²) < 4.78 is 26.2. The van der Waals surface area contributed by atoms with Crippen LogP contribution < -0.4 is 11.5 Å². The Labute approximate surface area is 132 Å². The molecular formula is C12H18N4O2S3. The second-order valence-electron chi connectivity index (χ2n) is 4.58. The number of aryl methyl sites for hydroxylation is 2. The van der Waals surface area contributed by atoms with Gasteiger partial charge in [0.05, 0.1) is 11.4 Å². The molecule has 2 heterocycles. The molecule has 0 atom stereocenters. The molecule has 0 bridgehead atoms. The summed E-state index contributed by atoms with van der Waals surface area (Å²) >= 11 is 2.02. The zero-order valence-electron chi connectivity index (χ0n) is 11.9. The van der Waals surface area contributed by atoms with E-state index in [9.17, 15) is 8.42 Å². The first-order chi connectivity index (χ1) is 9.90. The van der Waals surface area contributed by atoms with Crippen LogP contribution in [0.3, 0.4) is 0 Å². The number of nitrogens with two attached hydrogens (primary N) is 2. The fraction of sp³-hybridized carbons (Fsp3) is 0.500. The van der Waals surface area contributed by atoms with Gasteiger partial charge in [0.1, 0.15) is 8.42 Å². The summed E-state index contributed by atoms with van der Waals surface area (Å²) in [5, 5.41) is 0.540. The van der Waals surface area contributed by atoms with Gasteiger partial charge in [0.25, 0.3) is 0 Å². The van der Waals surface area contributed by atoms with Crippen LogP contribution in [0.2, 0.25) is 0 Å². The highest BCUT2D eigenvalue weighted by Crippen LogP contribution is 2.37. The zero-order valence-corrected chi connectivity index (χ0v) is 14.4. The average Bonchev–Trinajstić information content (AvgIpc) is 2.95. The Morgan fingerprint density at radius 3 is 1.62 bits per heavy atom. The highest BCUT2D eigenvalue weighted by atomic mass is 32.3. The van der Waals surface area contributed by atoms with Crippen molar-refractivity contribution in [1.29, 1.82) is 0 Å². The molecule has 0 radical (unpaired) electrons. The third-order valence-electron chi connectivity index (χ3n) is 2.82. The number of nitrogen functional groups attached to an aromatic ring is 2. The third-order valence-corrected chi connectivity index (χ3v) is 7.52. The lowest BCUT2D eigenvalue weighted by Crippen LogP contribution is -2.04. The number of hydrogen-bond donors (Lipinski definition) is 2. The van der Waals surface area contributed by atoms with Gasteiger partial charge in [-0.3, -0.25) is 0 Å². The Bertz CT molecular complexity index is 678. The summed E-state index contributed by atoms with van der Waals surface area (Å²) in [5.74, 6) is 0. The first kappa shape index (κ1) is 16.2. The monoisotopic (exact) mass is 346 g/mol. The van der Waals surface area contributed by atoms with E-state index in [1.807, 2.05) is 13.8 Å². The highest BCUT2D eigenvalue weighted by Gasteiger charge is 2.30. The number of sulfone groups is 1. The summed E-state index contributed by atoms with van der Waals surface area (Å²) in [4.78, 5) is 8.29. The predicted octanol–water partition coefficient (Wildman–Crippen LogP) is 2.50. The summed E-state index contributed by atoms with van der Waals surface area (Å²) in [6, 6.07) is 0. The van der Waals surface area contributed by atoms with Crippen LogP contribution in [-0.4, -0.2) is 18.4 Å². The smallest absolute Gasteiger partial charge is 0.229 e. The van der Waals surface area contributed by atoms with E-state index in [4.69, 9.17) is 11.5 Å². The minimum Gasteiger partial charge on any atom is -0.375 e. The molecule has 0 unspecified atom stereocenters. The molecular weight excluding hydrogens is 328 g/mol. The maximum atomic E-state index is 12.9. The molecule has 6 nitrogen and oxygen atoms in total. The van der Waals surface area contributed by atoms with Crippen molar-refractivity contribution < 1.29 is 8.42 Å². The van der Waals surface area contributed by atoms with Crippen molar-refractivity contribution in [3.63, 3.8) is 0 Å². The van der Waals surface area contributed by atoms with Crippen molar-refractivity contribution in [1.82, 2.24) is 9.97 Å². The van der Waals surface area contributed by atoms with Crippen LogP contribution in [0.4, 0.5) is 10.3 Å². The second-order valence-corrected chi connectivity index (χ2v) is 8.98. The number of aromatic nitrogens is 2. The zero-order chi connectivity index (χ0) is 15.6. The van der Waals surface area contributed by atoms with E-state index in [0.29, 0.717) is 24.2 Å². The molecule has 0 aliphatic carbocycles. The molecule has 4 N–H and O–H groups in total. The molecule has 0 spiro atoms. The molecule has 0 aliphatic rings. The van der Waals surface area contributed by atoms with E-state index in [2.05, 4.69) is 9.97 Å². The summed E-state index contributed by atoms with van der Waals surface area (Å²) in [5.41, 5.74) is 12.5. The Balaban J connectivity index is 2.57. The van der Waals surface area contributed by atoms with Crippen LogP contribution in [0, 0.1) is 0 Å². The van der Waals surface area contributed by atoms with E-state index < -0.39 is 9.84 Å². The highest BCUT2D eigenvalue weighted by molar-refractivity contribution is 7.95. The number of anilines is 2. The van der Waals surface area contributed by atoms with Crippen LogP contribution in [0.1, 0.15) is 38.1 Å². The fourth-order valence-corrected chi connectivity index (χ4v) is 6.36. The van der Waals surface area contributed by atoms with Gasteiger partial charge in [-0.25, -0.2) is 18.4 Å². The van der Waals surface area contributed by atoms with Crippen LogP contribution in [0.5, 0.6) is 0 Å². The lowest BCUT2D eigenvalue weighted by Gasteiger charge is -2.03. The van der Waals surface area contributed by atoms with E-state index in [1.165, 1.54) is 0 Å². The normalized spacial score (nSPS) is 11.9. The quantitative estimate of drug-likeness (QED) is 0.831. The van der Waals surface area contributed by atoms with Crippen molar-refractivity contribution in [2.75, 3.05) is 11.5 Å². The van der Waals surface area contributed by atoms with Crippen molar-refractivity contribution in [3.05, 3.63) is 11.4 Å². The largest absolute Gasteiger partial charge is 0.375 e. The van der Waals surface area contributed by atoms with Gasteiger partial charge in [-0.1, -0.05) is 49.4 Å². The van der Waals surface area contributed by atoms with Crippen LogP contribution in [0.15, 0.2) is 8.42 Å². The number of hydrogen-bond acceptors (Lipinski definition) is 8. The molecule has 0 aromatic carbocycles. The first-order valence-corrected chi connectivity index (χ1v) is 9.77. The van der Waals surface area contributed by atoms with Gasteiger partial charge < -0.3 is 11.5 Å². The van der Waals surface area contributed by atoms with E-state index in [1.54, 1.807) is 0 Å². The Kier molecular flexibility index (Phi) is 4.84. The molecule has 0 saturated carbocycles. The summed E-state index contributed by atoms with van der Waals surface area (Å²) in [7, 11) is -3.65. The maximum absolute atomic E-state index is 12.9. The van der Waals surface area contributed by atoms with E-state index in [-0.39, 0.29) is 18.7 Å². The second kappa shape index (κ2) is 6.29. The molecule has 2 aromatic heterocycles. The SMILES string of the molecule is CCCc1nc(N)sc1S(=O)(=O)c1sc(N)nc1CCC. The van der Waals surface area contributed by atoms with Crippen LogP contribution in [0.25, 0.3) is 0 Å². The molecule has 2 aromatic rings. The standard InChI is InChI=1S/C12H18N4O2S3/c1-3-5-7-9(19-11(13)15-7)21(17,18)10-8(6-4-2)16-12(14)20-10/h3-6H2,1-2H3,(H2,13,15)(H2,14,16). The summed E-state index contributed by atoms with van der Waals surface area (Å²) in [6.45, 7) is 3.94. The first-order valence-electron chi connectivity index (χ1n) is 6.65. The number of rotatable bonds is 6. The van der Waals surface area contributed by atoms with Crippen LogP contribution >= 0.6 is 22.7 Å². The molecule has 0 fully saturated rings. The van der Waals surface area contributed by atoms with Crippen molar-refractivity contribution in [2.24, 2.45) is 0 Å². The minimum atomic E-state index is -3.65. The van der Waals surface area contributed by atoms with Gasteiger partial charge in [-0.05, 0) is 12.8 Å².